The number of rotatable bonds is 8. The molecule has 0 aromatic heterocycles. The molecule has 0 aromatic rings. The molecule has 112 valence electrons. The van der Waals surface area contributed by atoms with Gasteiger partial charge in [0.05, 0.1) is 25.4 Å². The zero-order valence-corrected chi connectivity index (χ0v) is 12.3. The third-order valence-corrected chi connectivity index (χ3v) is 3.68. The van der Waals surface area contributed by atoms with E-state index in [0.29, 0.717) is 0 Å². The third kappa shape index (κ3) is 5.78. The Labute approximate surface area is 116 Å². The molecule has 0 aromatic carbocycles. The monoisotopic (exact) mass is 272 g/mol. The maximum Gasteiger partial charge on any atom is 0.158 e. The first-order chi connectivity index (χ1) is 9.24. The molecule has 0 amide bonds. The Morgan fingerprint density at radius 2 is 1.11 bits per heavy atom. The van der Waals surface area contributed by atoms with Crippen LogP contribution < -0.4 is 0 Å². The maximum absolute atomic E-state index is 5.61. The van der Waals surface area contributed by atoms with E-state index in [2.05, 4.69) is 13.8 Å². The van der Waals surface area contributed by atoms with Gasteiger partial charge in [0.1, 0.15) is 0 Å². The molecular weight excluding hydrogens is 244 g/mol. The molecule has 2 saturated heterocycles. The van der Waals surface area contributed by atoms with Gasteiger partial charge >= 0.3 is 0 Å². The van der Waals surface area contributed by atoms with Crippen LogP contribution in [0.15, 0.2) is 0 Å². The summed E-state index contributed by atoms with van der Waals surface area (Å²) in [4.78, 5) is 0. The zero-order chi connectivity index (χ0) is 13.5. The molecule has 2 heterocycles. The van der Waals surface area contributed by atoms with E-state index in [1.165, 1.54) is 32.1 Å². The molecular formula is C15H28O4. The van der Waals surface area contributed by atoms with Crippen LogP contribution in [-0.2, 0) is 18.9 Å². The predicted molar refractivity (Wildman–Crippen MR) is 72.9 cm³/mol. The molecule has 0 aliphatic carbocycles. The standard InChI is InChI=1S/C15H28O4/c1-12-10-16-14(18-12)8-6-4-3-5-7-9-15-17-11-13(2)19-15/h12-15H,3-11H2,1-2H3. The molecule has 0 radical (unpaired) electrons. The molecule has 19 heavy (non-hydrogen) atoms. The van der Waals surface area contributed by atoms with E-state index in [4.69, 9.17) is 18.9 Å². The zero-order valence-electron chi connectivity index (χ0n) is 12.3. The molecule has 2 aliphatic heterocycles. The van der Waals surface area contributed by atoms with E-state index in [1.807, 2.05) is 0 Å². The van der Waals surface area contributed by atoms with Crippen LogP contribution in [0, 0.1) is 0 Å². The van der Waals surface area contributed by atoms with Crippen molar-refractivity contribution in [2.45, 2.75) is 83.6 Å². The fraction of sp³-hybridized carbons (Fsp3) is 1.00. The van der Waals surface area contributed by atoms with E-state index in [0.717, 1.165) is 26.1 Å². The lowest BCUT2D eigenvalue weighted by Gasteiger charge is -2.10. The van der Waals surface area contributed by atoms with Crippen LogP contribution in [0.25, 0.3) is 0 Å². The summed E-state index contributed by atoms with van der Waals surface area (Å²) in [5.74, 6) is 0. The van der Waals surface area contributed by atoms with Gasteiger partial charge in [-0.15, -0.1) is 0 Å². The molecule has 4 unspecified atom stereocenters. The maximum atomic E-state index is 5.61. The molecule has 0 spiro atoms. The molecule has 2 fully saturated rings. The average Bonchev–Trinajstić information content (AvgIpc) is 2.97. The van der Waals surface area contributed by atoms with Crippen LogP contribution in [0.3, 0.4) is 0 Å². The normalized spacial score (nSPS) is 35.1. The summed E-state index contributed by atoms with van der Waals surface area (Å²) in [6, 6.07) is 0. The van der Waals surface area contributed by atoms with E-state index >= 15 is 0 Å². The summed E-state index contributed by atoms with van der Waals surface area (Å²) in [5, 5.41) is 0. The lowest BCUT2D eigenvalue weighted by atomic mass is 10.1. The van der Waals surface area contributed by atoms with Gasteiger partial charge in [0.25, 0.3) is 0 Å². The first-order valence-electron chi connectivity index (χ1n) is 7.78. The van der Waals surface area contributed by atoms with Crippen molar-refractivity contribution < 1.29 is 18.9 Å². The Bertz CT molecular complexity index is 222. The van der Waals surface area contributed by atoms with Crippen LogP contribution >= 0.6 is 0 Å². The van der Waals surface area contributed by atoms with Crippen molar-refractivity contribution in [3.63, 3.8) is 0 Å². The lowest BCUT2D eigenvalue weighted by Crippen LogP contribution is -2.09. The van der Waals surface area contributed by atoms with Gasteiger partial charge in [-0.1, -0.05) is 19.3 Å². The predicted octanol–water partition coefficient (Wildman–Crippen LogP) is 3.24. The van der Waals surface area contributed by atoms with Crippen molar-refractivity contribution in [3.05, 3.63) is 0 Å². The minimum Gasteiger partial charge on any atom is -0.350 e. The van der Waals surface area contributed by atoms with Crippen LogP contribution in [0.2, 0.25) is 0 Å². The van der Waals surface area contributed by atoms with Crippen LogP contribution in [0.1, 0.15) is 58.8 Å². The fourth-order valence-corrected chi connectivity index (χ4v) is 2.62. The van der Waals surface area contributed by atoms with E-state index in [-0.39, 0.29) is 24.8 Å². The first kappa shape index (κ1) is 15.2. The van der Waals surface area contributed by atoms with Crippen LogP contribution in [0.5, 0.6) is 0 Å². The molecule has 4 nitrogen and oxygen atoms in total. The molecule has 2 rings (SSSR count). The first-order valence-corrected chi connectivity index (χ1v) is 7.78. The second kappa shape index (κ2) is 8.20. The Kier molecular flexibility index (Phi) is 6.57. The Balaban J connectivity index is 1.36. The van der Waals surface area contributed by atoms with Crippen molar-refractivity contribution >= 4 is 0 Å². The highest BCUT2D eigenvalue weighted by Crippen LogP contribution is 2.19. The summed E-state index contributed by atoms with van der Waals surface area (Å²) in [6.07, 6.45) is 8.94. The van der Waals surface area contributed by atoms with Crippen LogP contribution in [0.4, 0.5) is 0 Å². The number of ether oxygens (including phenoxy) is 4. The minimum atomic E-state index is 0.0526. The minimum absolute atomic E-state index is 0.0526. The highest BCUT2D eigenvalue weighted by atomic mass is 16.7. The van der Waals surface area contributed by atoms with E-state index in [1.54, 1.807) is 0 Å². The van der Waals surface area contributed by atoms with E-state index in [9.17, 15) is 0 Å². The van der Waals surface area contributed by atoms with Gasteiger partial charge < -0.3 is 18.9 Å². The topological polar surface area (TPSA) is 36.9 Å². The Morgan fingerprint density at radius 1 is 0.684 bits per heavy atom. The SMILES string of the molecule is CC1COC(CCCCCCCC2OCC(C)O2)O1. The summed E-state index contributed by atoms with van der Waals surface area (Å²) < 4.78 is 22.3. The number of hydrogen-bond acceptors (Lipinski definition) is 4. The summed E-state index contributed by atoms with van der Waals surface area (Å²) in [6.45, 7) is 5.64. The number of unbranched alkanes of at least 4 members (excludes halogenated alkanes) is 4. The van der Waals surface area contributed by atoms with Gasteiger partial charge in [0.2, 0.25) is 0 Å². The van der Waals surface area contributed by atoms with Crippen molar-refractivity contribution in [1.29, 1.82) is 0 Å². The molecule has 4 heteroatoms. The molecule has 2 aliphatic rings. The van der Waals surface area contributed by atoms with Crippen molar-refractivity contribution in [3.8, 4) is 0 Å². The smallest absolute Gasteiger partial charge is 0.158 e. The van der Waals surface area contributed by atoms with Gasteiger partial charge in [0.15, 0.2) is 12.6 Å². The average molecular weight is 272 g/mol. The van der Waals surface area contributed by atoms with Gasteiger partial charge in [-0.05, 0) is 39.5 Å². The molecule has 0 N–H and O–H groups in total. The quantitative estimate of drug-likeness (QED) is 0.636. The summed E-state index contributed by atoms with van der Waals surface area (Å²) in [7, 11) is 0. The Hall–Kier alpha value is -0.160. The highest BCUT2D eigenvalue weighted by Gasteiger charge is 2.22. The van der Waals surface area contributed by atoms with Gasteiger partial charge in [0, 0.05) is 0 Å². The van der Waals surface area contributed by atoms with E-state index < -0.39 is 0 Å². The Morgan fingerprint density at radius 3 is 1.47 bits per heavy atom. The van der Waals surface area contributed by atoms with Crippen LogP contribution in [-0.4, -0.2) is 38.0 Å². The van der Waals surface area contributed by atoms with Gasteiger partial charge in [-0.2, -0.15) is 0 Å². The fourth-order valence-electron chi connectivity index (χ4n) is 2.62. The van der Waals surface area contributed by atoms with Gasteiger partial charge in [-0.25, -0.2) is 0 Å². The third-order valence-electron chi connectivity index (χ3n) is 3.68. The van der Waals surface area contributed by atoms with Gasteiger partial charge in [-0.3, -0.25) is 0 Å². The second-order valence-corrected chi connectivity index (χ2v) is 5.76. The van der Waals surface area contributed by atoms with Crippen molar-refractivity contribution in [2.24, 2.45) is 0 Å². The van der Waals surface area contributed by atoms with Crippen molar-refractivity contribution in [1.82, 2.24) is 0 Å². The summed E-state index contributed by atoms with van der Waals surface area (Å²) >= 11 is 0. The summed E-state index contributed by atoms with van der Waals surface area (Å²) in [5.41, 5.74) is 0. The molecule has 0 bridgehead atoms. The number of hydrogen-bond donors (Lipinski definition) is 0. The van der Waals surface area contributed by atoms with Crippen molar-refractivity contribution in [2.75, 3.05) is 13.2 Å². The second-order valence-electron chi connectivity index (χ2n) is 5.76. The largest absolute Gasteiger partial charge is 0.350 e. The highest BCUT2D eigenvalue weighted by molar-refractivity contribution is 4.61. The molecule has 0 saturated carbocycles. The molecule has 4 atom stereocenters. The lowest BCUT2D eigenvalue weighted by molar-refractivity contribution is -0.0611.